The molecule has 3 heteroatoms. The average molecular weight is 283 g/mol. The van der Waals surface area contributed by atoms with Gasteiger partial charge in [-0.3, -0.25) is 0 Å². The van der Waals surface area contributed by atoms with Crippen LogP contribution in [0.2, 0.25) is 0 Å². The van der Waals surface area contributed by atoms with E-state index in [-0.39, 0.29) is 6.23 Å². The molecule has 0 N–H and O–H groups in total. The standard InChI is InChI=1S/C17H17NOS/c1-3-9-15-13(7-1)18(17-11-5-6-12-19-17)14-8-2-4-10-16(14)20-15/h1-4,7-10,17H,5-6,11-12H2. The summed E-state index contributed by atoms with van der Waals surface area (Å²) in [6, 6.07) is 17.3. The molecule has 0 spiro atoms. The van der Waals surface area contributed by atoms with Crippen LogP contribution >= 0.6 is 11.8 Å². The maximum Gasteiger partial charge on any atom is 0.134 e. The quantitative estimate of drug-likeness (QED) is 0.744. The van der Waals surface area contributed by atoms with Crippen molar-refractivity contribution in [2.75, 3.05) is 11.5 Å². The molecule has 1 unspecified atom stereocenters. The summed E-state index contributed by atoms with van der Waals surface area (Å²) in [4.78, 5) is 5.03. The van der Waals surface area contributed by atoms with Crippen LogP contribution < -0.4 is 4.90 Å². The highest BCUT2D eigenvalue weighted by Crippen LogP contribution is 2.49. The fourth-order valence-electron chi connectivity index (χ4n) is 2.97. The number of fused-ring (bicyclic) bond motifs is 2. The van der Waals surface area contributed by atoms with Crippen LogP contribution in [0, 0.1) is 0 Å². The van der Waals surface area contributed by atoms with E-state index in [1.807, 2.05) is 11.8 Å². The van der Waals surface area contributed by atoms with Crippen molar-refractivity contribution in [3.8, 4) is 0 Å². The van der Waals surface area contributed by atoms with Gasteiger partial charge in [-0.05, 0) is 43.5 Å². The highest BCUT2D eigenvalue weighted by atomic mass is 32.2. The number of rotatable bonds is 1. The smallest absolute Gasteiger partial charge is 0.134 e. The van der Waals surface area contributed by atoms with Gasteiger partial charge in [0.15, 0.2) is 0 Å². The number of benzene rings is 2. The first kappa shape index (κ1) is 12.3. The summed E-state index contributed by atoms with van der Waals surface area (Å²) in [5.41, 5.74) is 2.56. The van der Waals surface area contributed by atoms with E-state index < -0.39 is 0 Å². The second-order valence-corrected chi connectivity index (χ2v) is 6.31. The second kappa shape index (κ2) is 5.15. The molecule has 2 nitrogen and oxygen atoms in total. The molecule has 0 saturated carbocycles. The van der Waals surface area contributed by atoms with Crippen molar-refractivity contribution in [2.45, 2.75) is 35.3 Å². The topological polar surface area (TPSA) is 12.5 Å². The number of hydrogen-bond donors (Lipinski definition) is 0. The van der Waals surface area contributed by atoms with E-state index in [1.54, 1.807) is 0 Å². The van der Waals surface area contributed by atoms with Gasteiger partial charge in [0.2, 0.25) is 0 Å². The first-order valence-corrected chi connectivity index (χ1v) is 8.02. The van der Waals surface area contributed by atoms with Crippen molar-refractivity contribution in [2.24, 2.45) is 0 Å². The van der Waals surface area contributed by atoms with E-state index in [0.29, 0.717) is 0 Å². The zero-order chi connectivity index (χ0) is 13.4. The van der Waals surface area contributed by atoms with E-state index in [4.69, 9.17) is 4.74 Å². The van der Waals surface area contributed by atoms with Gasteiger partial charge in [0, 0.05) is 16.4 Å². The first-order valence-electron chi connectivity index (χ1n) is 7.20. The Hall–Kier alpha value is -1.45. The maximum absolute atomic E-state index is 6.05. The predicted octanol–water partition coefficient (Wildman–Crippen LogP) is 4.82. The van der Waals surface area contributed by atoms with E-state index in [9.17, 15) is 0 Å². The Morgan fingerprint density at radius 1 is 0.900 bits per heavy atom. The van der Waals surface area contributed by atoms with Gasteiger partial charge in [-0.2, -0.15) is 0 Å². The van der Waals surface area contributed by atoms with Gasteiger partial charge < -0.3 is 9.64 Å². The summed E-state index contributed by atoms with van der Waals surface area (Å²) in [5.74, 6) is 0. The van der Waals surface area contributed by atoms with Gasteiger partial charge in [0.25, 0.3) is 0 Å². The summed E-state index contributed by atoms with van der Waals surface area (Å²) >= 11 is 1.85. The number of nitrogens with zero attached hydrogens (tertiary/aromatic N) is 1. The number of anilines is 2. The lowest BCUT2D eigenvalue weighted by Gasteiger charge is -2.40. The molecule has 102 valence electrons. The van der Waals surface area contributed by atoms with Crippen LogP contribution in [-0.4, -0.2) is 12.8 Å². The van der Waals surface area contributed by atoms with Crippen molar-refractivity contribution in [1.82, 2.24) is 0 Å². The zero-order valence-electron chi connectivity index (χ0n) is 11.3. The largest absolute Gasteiger partial charge is 0.358 e. The van der Waals surface area contributed by atoms with Crippen molar-refractivity contribution < 1.29 is 4.74 Å². The fraction of sp³-hybridized carbons (Fsp3) is 0.294. The molecule has 0 radical (unpaired) electrons. The minimum Gasteiger partial charge on any atom is -0.358 e. The van der Waals surface area contributed by atoms with Crippen LogP contribution in [0.5, 0.6) is 0 Å². The normalized spacial score (nSPS) is 21.2. The van der Waals surface area contributed by atoms with E-state index in [2.05, 4.69) is 53.4 Å². The average Bonchev–Trinajstić information content (AvgIpc) is 2.53. The Labute approximate surface area is 123 Å². The SMILES string of the molecule is c1ccc2c(c1)Sc1ccccc1N2C1CCCCO1. The molecule has 2 aromatic rings. The monoisotopic (exact) mass is 283 g/mol. The fourth-order valence-corrected chi connectivity index (χ4v) is 4.04. The summed E-state index contributed by atoms with van der Waals surface area (Å²) in [7, 11) is 0. The third-order valence-corrected chi connectivity index (χ3v) is 5.04. The van der Waals surface area contributed by atoms with Gasteiger partial charge in [-0.25, -0.2) is 0 Å². The molecular formula is C17H17NOS. The molecule has 1 fully saturated rings. The molecule has 2 aliphatic rings. The minimum atomic E-state index is 0.173. The molecule has 2 aromatic carbocycles. The Balaban J connectivity index is 1.83. The Kier molecular flexibility index (Phi) is 3.17. The van der Waals surface area contributed by atoms with Crippen LogP contribution in [0.15, 0.2) is 58.3 Å². The zero-order valence-corrected chi connectivity index (χ0v) is 12.1. The van der Waals surface area contributed by atoms with Crippen molar-refractivity contribution in [3.05, 3.63) is 48.5 Å². The highest BCUT2D eigenvalue weighted by Gasteiger charge is 2.30. The molecule has 1 atom stereocenters. The first-order chi connectivity index (χ1) is 9.93. The van der Waals surface area contributed by atoms with Crippen LogP contribution in [0.4, 0.5) is 11.4 Å². The van der Waals surface area contributed by atoms with Gasteiger partial charge >= 0.3 is 0 Å². The van der Waals surface area contributed by atoms with Crippen LogP contribution in [0.1, 0.15) is 19.3 Å². The van der Waals surface area contributed by atoms with Gasteiger partial charge in [0.05, 0.1) is 11.4 Å². The summed E-state index contributed by atoms with van der Waals surface area (Å²) in [5, 5.41) is 0. The Morgan fingerprint density at radius 2 is 1.55 bits per heavy atom. The molecule has 0 aliphatic carbocycles. The minimum absolute atomic E-state index is 0.173. The van der Waals surface area contributed by atoms with Gasteiger partial charge in [0.1, 0.15) is 6.23 Å². The molecule has 0 bridgehead atoms. The highest BCUT2D eigenvalue weighted by molar-refractivity contribution is 7.99. The lowest BCUT2D eigenvalue weighted by atomic mass is 10.1. The Morgan fingerprint density at radius 3 is 2.15 bits per heavy atom. The summed E-state index contributed by atoms with van der Waals surface area (Å²) in [6.07, 6.45) is 3.71. The third kappa shape index (κ3) is 2.02. The predicted molar refractivity (Wildman–Crippen MR) is 82.7 cm³/mol. The lowest BCUT2D eigenvalue weighted by Crippen LogP contribution is -2.37. The van der Waals surface area contributed by atoms with Crippen LogP contribution in [0.25, 0.3) is 0 Å². The third-order valence-electron chi connectivity index (χ3n) is 3.91. The Bertz CT molecular complexity index is 576. The molecule has 2 aliphatic heterocycles. The van der Waals surface area contributed by atoms with Crippen LogP contribution in [0.3, 0.4) is 0 Å². The van der Waals surface area contributed by atoms with Crippen molar-refractivity contribution in [3.63, 3.8) is 0 Å². The van der Waals surface area contributed by atoms with Crippen LogP contribution in [-0.2, 0) is 4.74 Å². The number of ether oxygens (including phenoxy) is 1. The second-order valence-electron chi connectivity index (χ2n) is 5.23. The van der Waals surface area contributed by atoms with Gasteiger partial charge in [-0.1, -0.05) is 36.0 Å². The number of hydrogen-bond acceptors (Lipinski definition) is 3. The van der Waals surface area contributed by atoms with E-state index in [1.165, 1.54) is 34.0 Å². The molecule has 0 aromatic heterocycles. The van der Waals surface area contributed by atoms with Crippen molar-refractivity contribution in [1.29, 1.82) is 0 Å². The van der Waals surface area contributed by atoms with E-state index in [0.717, 1.165) is 13.0 Å². The molecular weight excluding hydrogens is 266 g/mol. The molecule has 0 amide bonds. The molecule has 1 saturated heterocycles. The lowest BCUT2D eigenvalue weighted by molar-refractivity contribution is 0.0202. The summed E-state index contributed by atoms with van der Waals surface area (Å²) < 4.78 is 6.05. The molecule has 20 heavy (non-hydrogen) atoms. The molecule has 2 heterocycles. The maximum atomic E-state index is 6.05. The van der Waals surface area contributed by atoms with Gasteiger partial charge in [-0.15, -0.1) is 0 Å². The van der Waals surface area contributed by atoms with Crippen molar-refractivity contribution >= 4 is 23.1 Å². The number of para-hydroxylation sites is 2. The molecule has 4 rings (SSSR count). The van der Waals surface area contributed by atoms with E-state index >= 15 is 0 Å². The summed E-state index contributed by atoms with van der Waals surface area (Å²) in [6.45, 7) is 0.874.